The molecular weight excluding hydrogens is 242 g/mol. The summed E-state index contributed by atoms with van der Waals surface area (Å²) in [6, 6.07) is 6.54. The van der Waals surface area contributed by atoms with Gasteiger partial charge in [-0.1, -0.05) is 15.9 Å². The third kappa shape index (κ3) is 3.00. The van der Waals surface area contributed by atoms with E-state index in [4.69, 9.17) is 4.74 Å². The van der Waals surface area contributed by atoms with E-state index in [1.54, 1.807) is 7.11 Å². The van der Waals surface area contributed by atoms with Gasteiger partial charge in [0.05, 0.1) is 7.11 Å². The van der Waals surface area contributed by atoms with E-state index in [-0.39, 0.29) is 0 Å². The lowest BCUT2D eigenvalue weighted by Crippen LogP contribution is -2.23. The fourth-order valence-corrected chi connectivity index (χ4v) is 1.75. The first kappa shape index (κ1) is 11.5. The largest absolute Gasteiger partial charge is 0.496 e. The molecule has 0 aliphatic carbocycles. The Balaban J connectivity index is 2.87. The first-order valence-electron chi connectivity index (χ1n) is 4.67. The number of hydrogen-bond donors (Lipinski definition) is 1. The molecule has 0 heterocycles. The molecule has 0 saturated heterocycles. The highest BCUT2D eigenvalue weighted by Crippen LogP contribution is 2.23. The number of ether oxygens (including phenoxy) is 1. The summed E-state index contributed by atoms with van der Waals surface area (Å²) in [6.45, 7) is 2.15. The number of nitrogens with one attached hydrogen (secondary N) is 1. The lowest BCUT2D eigenvalue weighted by Gasteiger charge is -2.13. The van der Waals surface area contributed by atoms with Gasteiger partial charge in [-0.05, 0) is 44.2 Å². The maximum atomic E-state index is 5.30. The quantitative estimate of drug-likeness (QED) is 0.896. The minimum atomic E-state index is 0.457. The van der Waals surface area contributed by atoms with Gasteiger partial charge < -0.3 is 10.1 Å². The van der Waals surface area contributed by atoms with Crippen molar-refractivity contribution < 1.29 is 4.74 Å². The van der Waals surface area contributed by atoms with Crippen LogP contribution in [0.2, 0.25) is 0 Å². The molecule has 78 valence electrons. The second kappa shape index (κ2) is 5.37. The number of hydrogen-bond acceptors (Lipinski definition) is 2. The van der Waals surface area contributed by atoms with Crippen LogP contribution in [0.1, 0.15) is 12.5 Å². The maximum Gasteiger partial charge on any atom is 0.122 e. The zero-order valence-electron chi connectivity index (χ0n) is 8.80. The summed E-state index contributed by atoms with van der Waals surface area (Å²) < 4.78 is 6.39. The van der Waals surface area contributed by atoms with Crippen LogP contribution in [0.15, 0.2) is 22.7 Å². The fourth-order valence-electron chi connectivity index (χ4n) is 1.34. The molecule has 1 aromatic carbocycles. The molecule has 0 aliphatic heterocycles. The lowest BCUT2D eigenvalue weighted by atomic mass is 10.1. The maximum absolute atomic E-state index is 5.30. The van der Waals surface area contributed by atoms with Crippen molar-refractivity contribution in [2.24, 2.45) is 0 Å². The van der Waals surface area contributed by atoms with Gasteiger partial charge in [0, 0.05) is 10.5 Å². The number of methoxy groups -OCH3 is 1. The average molecular weight is 258 g/mol. The Hall–Kier alpha value is -0.540. The number of benzene rings is 1. The summed E-state index contributed by atoms with van der Waals surface area (Å²) in [5.74, 6) is 0.954. The molecule has 0 aromatic heterocycles. The monoisotopic (exact) mass is 257 g/mol. The normalized spacial score (nSPS) is 12.6. The molecule has 0 spiro atoms. The molecule has 1 unspecified atom stereocenters. The van der Waals surface area contributed by atoms with Gasteiger partial charge in [0.15, 0.2) is 0 Å². The van der Waals surface area contributed by atoms with Crippen LogP contribution in [0.5, 0.6) is 5.75 Å². The Morgan fingerprint density at radius 2 is 2.21 bits per heavy atom. The van der Waals surface area contributed by atoms with Crippen molar-refractivity contribution in [1.29, 1.82) is 0 Å². The Morgan fingerprint density at radius 3 is 2.79 bits per heavy atom. The first-order chi connectivity index (χ1) is 6.67. The van der Waals surface area contributed by atoms with Crippen molar-refractivity contribution >= 4 is 15.9 Å². The Kier molecular flexibility index (Phi) is 4.42. The van der Waals surface area contributed by atoms with E-state index in [0.29, 0.717) is 6.04 Å². The molecule has 1 aromatic rings. The molecular formula is C11H16BrNO. The third-order valence-electron chi connectivity index (χ3n) is 2.26. The summed E-state index contributed by atoms with van der Waals surface area (Å²) in [7, 11) is 3.67. The molecule has 0 saturated carbocycles. The van der Waals surface area contributed by atoms with E-state index in [0.717, 1.165) is 16.6 Å². The second-order valence-corrected chi connectivity index (χ2v) is 4.27. The highest BCUT2D eigenvalue weighted by molar-refractivity contribution is 9.10. The van der Waals surface area contributed by atoms with Gasteiger partial charge in [0.25, 0.3) is 0 Å². The number of likely N-dealkylation sites (N-methyl/N-ethyl adjacent to an activating group) is 1. The lowest BCUT2D eigenvalue weighted by molar-refractivity contribution is 0.407. The van der Waals surface area contributed by atoms with Crippen molar-refractivity contribution in [2.45, 2.75) is 19.4 Å². The second-order valence-electron chi connectivity index (χ2n) is 3.35. The van der Waals surface area contributed by atoms with Crippen LogP contribution in [0, 0.1) is 0 Å². The predicted octanol–water partition coefficient (Wildman–Crippen LogP) is 2.61. The highest BCUT2D eigenvalue weighted by Gasteiger charge is 2.07. The van der Waals surface area contributed by atoms with Gasteiger partial charge in [-0.2, -0.15) is 0 Å². The standard InChI is InChI=1S/C11H16BrNO/c1-8(13-2)6-9-7-10(12)4-5-11(9)14-3/h4-5,7-8,13H,6H2,1-3H3. The zero-order chi connectivity index (χ0) is 10.6. The Morgan fingerprint density at radius 1 is 1.50 bits per heavy atom. The SMILES string of the molecule is CNC(C)Cc1cc(Br)ccc1OC. The van der Waals surface area contributed by atoms with Crippen LogP contribution in [0.3, 0.4) is 0 Å². The van der Waals surface area contributed by atoms with Gasteiger partial charge >= 0.3 is 0 Å². The summed E-state index contributed by atoms with van der Waals surface area (Å²) in [6.07, 6.45) is 0.971. The van der Waals surface area contributed by atoms with Crippen molar-refractivity contribution in [2.75, 3.05) is 14.2 Å². The molecule has 0 amide bonds. The van der Waals surface area contributed by atoms with Crippen LogP contribution < -0.4 is 10.1 Å². The molecule has 0 radical (unpaired) electrons. The van der Waals surface area contributed by atoms with E-state index < -0.39 is 0 Å². The van der Waals surface area contributed by atoms with E-state index in [2.05, 4.69) is 34.2 Å². The molecule has 0 fully saturated rings. The minimum absolute atomic E-state index is 0.457. The molecule has 3 heteroatoms. The highest BCUT2D eigenvalue weighted by atomic mass is 79.9. The average Bonchev–Trinajstić information content (AvgIpc) is 2.18. The summed E-state index contributed by atoms with van der Waals surface area (Å²) in [5.41, 5.74) is 1.23. The van der Waals surface area contributed by atoms with Crippen LogP contribution in [0.25, 0.3) is 0 Å². The number of rotatable bonds is 4. The van der Waals surface area contributed by atoms with Gasteiger partial charge in [0.2, 0.25) is 0 Å². The molecule has 14 heavy (non-hydrogen) atoms. The van der Waals surface area contributed by atoms with Crippen LogP contribution >= 0.6 is 15.9 Å². The first-order valence-corrected chi connectivity index (χ1v) is 5.46. The molecule has 0 aliphatic rings. The molecule has 1 N–H and O–H groups in total. The number of halogens is 1. The minimum Gasteiger partial charge on any atom is -0.496 e. The summed E-state index contributed by atoms with van der Waals surface area (Å²) >= 11 is 3.46. The van der Waals surface area contributed by atoms with Gasteiger partial charge in [-0.15, -0.1) is 0 Å². The molecule has 2 nitrogen and oxygen atoms in total. The van der Waals surface area contributed by atoms with E-state index in [1.807, 2.05) is 19.2 Å². The van der Waals surface area contributed by atoms with Gasteiger partial charge in [0.1, 0.15) is 5.75 Å². The van der Waals surface area contributed by atoms with Crippen molar-refractivity contribution in [3.63, 3.8) is 0 Å². The van der Waals surface area contributed by atoms with Gasteiger partial charge in [-0.3, -0.25) is 0 Å². The topological polar surface area (TPSA) is 21.3 Å². The Labute approximate surface area is 93.8 Å². The smallest absolute Gasteiger partial charge is 0.122 e. The van der Waals surface area contributed by atoms with Crippen LogP contribution in [0.4, 0.5) is 0 Å². The summed E-state index contributed by atoms with van der Waals surface area (Å²) in [4.78, 5) is 0. The molecule has 0 bridgehead atoms. The van der Waals surface area contributed by atoms with Crippen LogP contribution in [-0.2, 0) is 6.42 Å². The van der Waals surface area contributed by atoms with E-state index >= 15 is 0 Å². The van der Waals surface area contributed by atoms with E-state index in [9.17, 15) is 0 Å². The van der Waals surface area contributed by atoms with Crippen LogP contribution in [-0.4, -0.2) is 20.2 Å². The fraction of sp³-hybridized carbons (Fsp3) is 0.455. The van der Waals surface area contributed by atoms with E-state index in [1.165, 1.54) is 5.56 Å². The molecule has 1 atom stereocenters. The Bertz CT molecular complexity index is 301. The van der Waals surface area contributed by atoms with Crippen molar-refractivity contribution in [3.05, 3.63) is 28.2 Å². The summed E-state index contributed by atoms with van der Waals surface area (Å²) in [5, 5.41) is 3.21. The third-order valence-corrected chi connectivity index (χ3v) is 2.75. The van der Waals surface area contributed by atoms with Crippen molar-refractivity contribution in [1.82, 2.24) is 5.32 Å². The van der Waals surface area contributed by atoms with Gasteiger partial charge in [-0.25, -0.2) is 0 Å². The van der Waals surface area contributed by atoms with Crippen molar-refractivity contribution in [3.8, 4) is 5.75 Å². The predicted molar refractivity (Wildman–Crippen MR) is 62.9 cm³/mol. The zero-order valence-corrected chi connectivity index (χ0v) is 10.4. The molecule has 1 rings (SSSR count).